The van der Waals surface area contributed by atoms with Crippen molar-refractivity contribution in [3.05, 3.63) is 35.4 Å². The molecule has 0 aliphatic carbocycles. The molecule has 0 aromatic heterocycles. The zero-order valence-corrected chi connectivity index (χ0v) is 14.0. The van der Waals surface area contributed by atoms with Crippen LogP contribution in [0.4, 0.5) is 0 Å². The molecule has 0 bridgehead atoms. The second-order valence-electron chi connectivity index (χ2n) is 6.63. The summed E-state index contributed by atoms with van der Waals surface area (Å²) in [6.45, 7) is 10.1. The third-order valence-electron chi connectivity index (χ3n) is 4.69. The Balaban J connectivity index is 2.29. The second kappa shape index (κ2) is 7.39. The van der Waals surface area contributed by atoms with Gasteiger partial charge in [-0.1, -0.05) is 36.8 Å². The zero-order chi connectivity index (χ0) is 15.4. The Bertz CT molecular complexity index is 427. The van der Waals surface area contributed by atoms with Gasteiger partial charge in [-0.15, -0.1) is 0 Å². The van der Waals surface area contributed by atoms with E-state index in [9.17, 15) is 0 Å². The number of nitrogens with zero attached hydrogens (tertiary/aromatic N) is 2. The van der Waals surface area contributed by atoms with E-state index in [0.29, 0.717) is 12.1 Å². The minimum Gasteiger partial charge on any atom is -0.326 e. The number of rotatable bonds is 4. The molecule has 0 saturated carbocycles. The molecule has 1 aromatic rings. The van der Waals surface area contributed by atoms with Crippen LogP contribution in [-0.4, -0.2) is 48.6 Å². The molecule has 2 rings (SSSR count). The fraction of sp³-hybridized carbons (Fsp3) is 0.667. The summed E-state index contributed by atoms with van der Waals surface area (Å²) in [5.74, 6) is 0. The van der Waals surface area contributed by atoms with E-state index < -0.39 is 0 Å². The minimum atomic E-state index is 0.144. The van der Waals surface area contributed by atoms with Crippen LogP contribution in [0.5, 0.6) is 0 Å². The van der Waals surface area contributed by atoms with Gasteiger partial charge in [-0.25, -0.2) is 0 Å². The van der Waals surface area contributed by atoms with Crippen LogP contribution in [0.1, 0.15) is 43.9 Å². The van der Waals surface area contributed by atoms with Crippen LogP contribution in [-0.2, 0) is 0 Å². The van der Waals surface area contributed by atoms with E-state index in [2.05, 4.69) is 61.9 Å². The molecule has 1 aromatic carbocycles. The van der Waals surface area contributed by atoms with Gasteiger partial charge >= 0.3 is 0 Å². The van der Waals surface area contributed by atoms with Crippen molar-refractivity contribution < 1.29 is 0 Å². The molecule has 1 heterocycles. The molecule has 2 N–H and O–H groups in total. The Labute approximate surface area is 130 Å². The molecule has 0 spiro atoms. The van der Waals surface area contributed by atoms with Gasteiger partial charge in [-0.05, 0) is 45.8 Å². The fourth-order valence-electron chi connectivity index (χ4n) is 3.55. The van der Waals surface area contributed by atoms with E-state index in [1.54, 1.807) is 0 Å². The first-order valence-corrected chi connectivity index (χ1v) is 8.29. The number of hydrogen-bond donors (Lipinski definition) is 1. The molecule has 0 radical (unpaired) electrons. The van der Waals surface area contributed by atoms with E-state index in [1.807, 2.05) is 0 Å². The molecule has 3 nitrogen and oxygen atoms in total. The largest absolute Gasteiger partial charge is 0.326 e. The minimum absolute atomic E-state index is 0.144. The molecule has 1 aliphatic heterocycles. The molecule has 1 fully saturated rings. The van der Waals surface area contributed by atoms with Crippen molar-refractivity contribution in [3.63, 3.8) is 0 Å². The maximum absolute atomic E-state index is 6.38. The number of nitrogens with two attached hydrogens (primary N) is 1. The van der Waals surface area contributed by atoms with Crippen molar-refractivity contribution in [1.82, 2.24) is 9.80 Å². The van der Waals surface area contributed by atoms with Crippen LogP contribution in [0.15, 0.2) is 24.3 Å². The summed E-state index contributed by atoms with van der Waals surface area (Å²) in [5, 5.41) is 0. The average molecular weight is 289 g/mol. The maximum atomic E-state index is 6.38. The van der Waals surface area contributed by atoms with Gasteiger partial charge in [-0.2, -0.15) is 0 Å². The third kappa shape index (κ3) is 4.06. The maximum Gasteiger partial charge on any atom is 0.0499 e. The van der Waals surface area contributed by atoms with Gasteiger partial charge in [0, 0.05) is 31.2 Å². The Morgan fingerprint density at radius 2 is 1.90 bits per heavy atom. The molecule has 21 heavy (non-hydrogen) atoms. The van der Waals surface area contributed by atoms with Crippen molar-refractivity contribution in [2.24, 2.45) is 5.73 Å². The lowest BCUT2D eigenvalue weighted by Gasteiger charge is -2.39. The highest BCUT2D eigenvalue weighted by Gasteiger charge is 2.31. The lowest BCUT2D eigenvalue weighted by molar-refractivity contribution is 0.113. The van der Waals surface area contributed by atoms with Gasteiger partial charge in [0.25, 0.3) is 0 Å². The highest BCUT2D eigenvalue weighted by atomic mass is 15.3. The first-order valence-electron chi connectivity index (χ1n) is 8.29. The van der Waals surface area contributed by atoms with Crippen LogP contribution in [0.2, 0.25) is 0 Å². The molecule has 1 saturated heterocycles. The van der Waals surface area contributed by atoms with E-state index in [4.69, 9.17) is 5.73 Å². The lowest BCUT2D eigenvalue weighted by atomic mass is 9.96. The summed E-state index contributed by atoms with van der Waals surface area (Å²) in [6, 6.07) is 9.97. The van der Waals surface area contributed by atoms with Crippen LogP contribution in [0.25, 0.3) is 0 Å². The molecule has 0 amide bonds. The van der Waals surface area contributed by atoms with Crippen molar-refractivity contribution in [3.8, 4) is 0 Å². The number of likely N-dealkylation sites (N-methyl/N-ethyl adjacent to an activating group) is 1. The molecule has 3 heteroatoms. The first-order chi connectivity index (χ1) is 10.0. The lowest BCUT2D eigenvalue weighted by Crippen LogP contribution is -2.47. The van der Waals surface area contributed by atoms with Gasteiger partial charge in [0.2, 0.25) is 0 Å². The molecule has 3 atom stereocenters. The summed E-state index contributed by atoms with van der Waals surface area (Å²) < 4.78 is 0. The van der Waals surface area contributed by atoms with Crippen molar-refractivity contribution in [2.75, 3.05) is 26.7 Å². The monoisotopic (exact) mass is 289 g/mol. The third-order valence-corrected chi connectivity index (χ3v) is 4.69. The van der Waals surface area contributed by atoms with Gasteiger partial charge in [-0.3, -0.25) is 4.90 Å². The summed E-state index contributed by atoms with van der Waals surface area (Å²) in [4.78, 5) is 5.11. The normalized spacial score (nSPS) is 24.5. The molecule has 3 unspecified atom stereocenters. The Morgan fingerprint density at radius 3 is 2.48 bits per heavy atom. The number of aryl methyl sites for hydroxylation is 1. The quantitative estimate of drug-likeness (QED) is 0.925. The fourth-order valence-corrected chi connectivity index (χ4v) is 3.55. The Hall–Kier alpha value is -0.900. The van der Waals surface area contributed by atoms with Crippen LogP contribution in [0, 0.1) is 6.92 Å². The van der Waals surface area contributed by atoms with E-state index in [0.717, 1.165) is 13.1 Å². The summed E-state index contributed by atoms with van der Waals surface area (Å²) in [5.41, 5.74) is 9.05. The van der Waals surface area contributed by atoms with Gasteiger partial charge < -0.3 is 10.6 Å². The Kier molecular flexibility index (Phi) is 5.80. The standard InChI is InChI=1S/C18H31N3/c1-5-17-13-20(4)11-6-12-21(17)18(15(3)19)16-9-7-14(2)8-10-16/h7-10,15,17-18H,5-6,11-13,19H2,1-4H3. The zero-order valence-electron chi connectivity index (χ0n) is 14.0. The van der Waals surface area contributed by atoms with Crippen LogP contribution < -0.4 is 5.73 Å². The number of hydrogen-bond acceptors (Lipinski definition) is 3. The first kappa shape index (κ1) is 16.5. The molecular weight excluding hydrogens is 258 g/mol. The van der Waals surface area contributed by atoms with Gasteiger partial charge in [0.15, 0.2) is 0 Å². The van der Waals surface area contributed by atoms with Crippen molar-refractivity contribution >= 4 is 0 Å². The summed E-state index contributed by atoms with van der Waals surface area (Å²) in [7, 11) is 2.24. The van der Waals surface area contributed by atoms with Crippen LogP contribution >= 0.6 is 0 Å². The SMILES string of the molecule is CCC1CN(C)CCCN1C(c1ccc(C)cc1)C(C)N. The average Bonchev–Trinajstić information content (AvgIpc) is 2.63. The summed E-state index contributed by atoms with van der Waals surface area (Å²) >= 11 is 0. The van der Waals surface area contributed by atoms with Gasteiger partial charge in [0.05, 0.1) is 0 Å². The van der Waals surface area contributed by atoms with Crippen molar-refractivity contribution in [2.45, 2.75) is 51.7 Å². The van der Waals surface area contributed by atoms with Gasteiger partial charge in [0.1, 0.15) is 0 Å². The van der Waals surface area contributed by atoms with E-state index in [-0.39, 0.29) is 6.04 Å². The highest BCUT2D eigenvalue weighted by Crippen LogP contribution is 2.28. The molecule has 1 aliphatic rings. The van der Waals surface area contributed by atoms with Crippen LogP contribution in [0.3, 0.4) is 0 Å². The van der Waals surface area contributed by atoms with E-state index >= 15 is 0 Å². The molecular formula is C18H31N3. The predicted octanol–water partition coefficient (Wildman–Crippen LogP) is 2.80. The Morgan fingerprint density at radius 1 is 1.24 bits per heavy atom. The van der Waals surface area contributed by atoms with Crippen molar-refractivity contribution in [1.29, 1.82) is 0 Å². The number of benzene rings is 1. The second-order valence-corrected chi connectivity index (χ2v) is 6.63. The van der Waals surface area contributed by atoms with E-state index in [1.165, 1.54) is 30.5 Å². The predicted molar refractivity (Wildman–Crippen MR) is 90.5 cm³/mol. The summed E-state index contributed by atoms with van der Waals surface area (Å²) in [6.07, 6.45) is 2.40. The smallest absolute Gasteiger partial charge is 0.0499 e. The topological polar surface area (TPSA) is 32.5 Å². The highest BCUT2D eigenvalue weighted by molar-refractivity contribution is 5.25. The molecule has 118 valence electrons.